The fourth-order valence-electron chi connectivity index (χ4n) is 2.00. The molecular weight excluding hydrogens is 295 g/mol. The molecule has 0 aliphatic heterocycles. The SMILES string of the molecule is COc1cc2c(Cl)nc(-c3ccc(F)cc3)nc2cc1O. The summed E-state index contributed by atoms with van der Waals surface area (Å²) in [5.41, 5.74) is 1.11. The van der Waals surface area contributed by atoms with Gasteiger partial charge in [-0.3, -0.25) is 0 Å². The van der Waals surface area contributed by atoms with E-state index < -0.39 is 0 Å². The molecule has 3 aromatic rings. The number of hydrogen-bond donors (Lipinski definition) is 1. The summed E-state index contributed by atoms with van der Waals surface area (Å²) in [7, 11) is 1.45. The van der Waals surface area contributed by atoms with E-state index in [0.717, 1.165) is 0 Å². The zero-order valence-electron chi connectivity index (χ0n) is 11.0. The van der Waals surface area contributed by atoms with Crippen LogP contribution in [0, 0.1) is 5.82 Å². The zero-order chi connectivity index (χ0) is 15.0. The third kappa shape index (κ3) is 2.48. The molecule has 0 radical (unpaired) electrons. The van der Waals surface area contributed by atoms with Gasteiger partial charge in [-0.1, -0.05) is 11.6 Å². The van der Waals surface area contributed by atoms with Crippen molar-refractivity contribution in [2.75, 3.05) is 7.11 Å². The fraction of sp³-hybridized carbons (Fsp3) is 0.0667. The molecule has 0 spiro atoms. The van der Waals surface area contributed by atoms with Crippen molar-refractivity contribution < 1.29 is 14.2 Å². The Kier molecular flexibility index (Phi) is 3.35. The number of phenols is 1. The molecule has 0 fully saturated rings. The van der Waals surface area contributed by atoms with Crippen molar-refractivity contribution in [3.8, 4) is 22.9 Å². The highest BCUT2D eigenvalue weighted by molar-refractivity contribution is 6.34. The molecule has 3 rings (SSSR count). The van der Waals surface area contributed by atoms with Gasteiger partial charge in [0.1, 0.15) is 11.0 Å². The minimum absolute atomic E-state index is 0.0372. The molecule has 21 heavy (non-hydrogen) atoms. The lowest BCUT2D eigenvalue weighted by molar-refractivity contribution is 0.374. The van der Waals surface area contributed by atoms with Crippen molar-refractivity contribution in [3.05, 3.63) is 47.4 Å². The van der Waals surface area contributed by atoms with Gasteiger partial charge in [0, 0.05) is 17.0 Å². The van der Waals surface area contributed by atoms with Crippen LogP contribution in [0.1, 0.15) is 0 Å². The summed E-state index contributed by atoms with van der Waals surface area (Å²) in [6, 6.07) is 8.80. The van der Waals surface area contributed by atoms with Crippen molar-refractivity contribution in [3.63, 3.8) is 0 Å². The summed E-state index contributed by atoms with van der Waals surface area (Å²) in [6.07, 6.45) is 0. The third-order valence-corrected chi connectivity index (χ3v) is 3.34. The number of nitrogens with zero attached hydrogens (tertiary/aromatic N) is 2. The van der Waals surface area contributed by atoms with Gasteiger partial charge in [-0.05, 0) is 30.3 Å². The second kappa shape index (κ2) is 5.18. The predicted molar refractivity (Wildman–Crippen MR) is 78.2 cm³/mol. The number of phenolic OH excluding ortho intramolecular Hbond substituents is 1. The third-order valence-electron chi connectivity index (χ3n) is 3.05. The monoisotopic (exact) mass is 304 g/mol. The van der Waals surface area contributed by atoms with Gasteiger partial charge >= 0.3 is 0 Å². The van der Waals surface area contributed by atoms with E-state index in [1.165, 1.54) is 25.3 Å². The van der Waals surface area contributed by atoms with Crippen molar-refractivity contribution >= 4 is 22.5 Å². The summed E-state index contributed by atoms with van der Waals surface area (Å²) in [4.78, 5) is 8.54. The molecule has 0 bridgehead atoms. The molecule has 106 valence electrons. The number of aromatic hydroxyl groups is 1. The van der Waals surface area contributed by atoms with Gasteiger partial charge in [0.2, 0.25) is 0 Å². The van der Waals surface area contributed by atoms with Crippen LogP contribution in [0.3, 0.4) is 0 Å². The van der Waals surface area contributed by atoms with Gasteiger partial charge in [-0.15, -0.1) is 0 Å². The average Bonchev–Trinajstić information content (AvgIpc) is 2.47. The van der Waals surface area contributed by atoms with E-state index in [4.69, 9.17) is 16.3 Å². The lowest BCUT2D eigenvalue weighted by Gasteiger charge is -2.08. The lowest BCUT2D eigenvalue weighted by Crippen LogP contribution is -1.93. The lowest BCUT2D eigenvalue weighted by atomic mass is 10.2. The Bertz CT molecular complexity index is 822. The molecule has 4 nitrogen and oxygen atoms in total. The highest BCUT2D eigenvalue weighted by Gasteiger charge is 2.12. The van der Waals surface area contributed by atoms with Crippen molar-refractivity contribution in [2.45, 2.75) is 0 Å². The molecule has 0 aliphatic carbocycles. The smallest absolute Gasteiger partial charge is 0.161 e. The topological polar surface area (TPSA) is 55.2 Å². The van der Waals surface area contributed by atoms with E-state index in [0.29, 0.717) is 28.0 Å². The second-order valence-electron chi connectivity index (χ2n) is 4.39. The molecule has 0 saturated heterocycles. The van der Waals surface area contributed by atoms with E-state index in [1.54, 1.807) is 18.2 Å². The maximum absolute atomic E-state index is 13.0. The van der Waals surface area contributed by atoms with Gasteiger partial charge in [0.15, 0.2) is 17.3 Å². The molecule has 0 saturated carbocycles. The predicted octanol–water partition coefficient (Wildman–Crippen LogP) is 3.80. The summed E-state index contributed by atoms with van der Waals surface area (Å²) < 4.78 is 18.0. The first-order chi connectivity index (χ1) is 10.1. The molecular formula is C15H10ClFN2O2. The number of aromatic nitrogens is 2. The standard InChI is InChI=1S/C15H10ClFN2O2/c1-21-13-6-10-11(7-12(13)20)18-15(19-14(10)16)8-2-4-9(17)5-3-8/h2-7,20H,1H3. The Balaban J connectivity index is 2.21. The summed E-state index contributed by atoms with van der Waals surface area (Å²) in [5.74, 6) is 0.275. The van der Waals surface area contributed by atoms with Crippen LogP contribution < -0.4 is 4.74 Å². The van der Waals surface area contributed by atoms with Gasteiger partial charge in [0.25, 0.3) is 0 Å². The average molecular weight is 305 g/mol. The van der Waals surface area contributed by atoms with Gasteiger partial charge < -0.3 is 9.84 Å². The van der Waals surface area contributed by atoms with Crippen molar-refractivity contribution in [2.24, 2.45) is 0 Å². The minimum atomic E-state index is -0.340. The Morgan fingerprint density at radius 2 is 1.86 bits per heavy atom. The number of hydrogen-bond acceptors (Lipinski definition) is 4. The molecule has 0 aliphatic rings. The Labute approximate surface area is 124 Å². The van der Waals surface area contributed by atoms with Crippen LogP contribution in [0.5, 0.6) is 11.5 Å². The highest BCUT2D eigenvalue weighted by Crippen LogP contribution is 2.34. The van der Waals surface area contributed by atoms with Crippen LogP contribution in [0.2, 0.25) is 5.15 Å². The fourth-order valence-corrected chi connectivity index (χ4v) is 2.23. The summed E-state index contributed by atoms with van der Waals surface area (Å²) >= 11 is 6.16. The number of methoxy groups -OCH3 is 1. The number of rotatable bonds is 2. The molecule has 1 aromatic heterocycles. The molecule has 0 amide bonds. The number of ether oxygens (including phenoxy) is 1. The van der Waals surface area contributed by atoms with E-state index >= 15 is 0 Å². The summed E-state index contributed by atoms with van der Waals surface area (Å²) in [5, 5.41) is 10.6. The maximum atomic E-state index is 13.0. The first-order valence-corrected chi connectivity index (χ1v) is 6.46. The van der Waals surface area contributed by atoms with E-state index in [1.807, 2.05) is 0 Å². The number of halogens is 2. The normalized spacial score (nSPS) is 10.8. The number of benzene rings is 2. The summed E-state index contributed by atoms with van der Waals surface area (Å²) in [6.45, 7) is 0. The van der Waals surface area contributed by atoms with Crippen molar-refractivity contribution in [1.29, 1.82) is 0 Å². The van der Waals surface area contributed by atoms with Crippen LogP contribution in [-0.2, 0) is 0 Å². The Morgan fingerprint density at radius 1 is 1.14 bits per heavy atom. The molecule has 0 unspecified atom stereocenters. The van der Waals surface area contributed by atoms with Gasteiger partial charge in [0.05, 0.1) is 12.6 Å². The van der Waals surface area contributed by atoms with Crippen LogP contribution in [0.4, 0.5) is 4.39 Å². The first kappa shape index (κ1) is 13.6. The zero-order valence-corrected chi connectivity index (χ0v) is 11.7. The molecule has 0 atom stereocenters. The largest absolute Gasteiger partial charge is 0.504 e. The first-order valence-electron chi connectivity index (χ1n) is 6.08. The van der Waals surface area contributed by atoms with E-state index in [2.05, 4.69) is 9.97 Å². The second-order valence-corrected chi connectivity index (χ2v) is 4.74. The van der Waals surface area contributed by atoms with E-state index in [9.17, 15) is 9.50 Å². The number of fused-ring (bicyclic) bond motifs is 1. The maximum Gasteiger partial charge on any atom is 0.161 e. The van der Waals surface area contributed by atoms with Crippen LogP contribution >= 0.6 is 11.6 Å². The quantitative estimate of drug-likeness (QED) is 0.732. The molecule has 2 aromatic carbocycles. The molecule has 6 heteroatoms. The Morgan fingerprint density at radius 3 is 2.52 bits per heavy atom. The molecule has 1 heterocycles. The van der Waals surface area contributed by atoms with Crippen molar-refractivity contribution in [1.82, 2.24) is 9.97 Å². The Hall–Kier alpha value is -2.40. The minimum Gasteiger partial charge on any atom is -0.504 e. The van der Waals surface area contributed by atoms with Crippen LogP contribution in [0.15, 0.2) is 36.4 Å². The van der Waals surface area contributed by atoms with E-state index in [-0.39, 0.29) is 16.7 Å². The molecule has 1 N–H and O–H groups in total. The highest BCUT2D eigenvalue weighted by atomic mass is 35.5. The van der Waals surface area contributed by atoms with Crippen LogP contribution in [-0.4, -0.2) is 22.2 Å². The van der Waals surface area contributed by atoms with Crippen LogP contribution in [0.25, 0.3) is 22.3 Å². The van der Waals surface area contributed by atoms with Gasteiger partial charge in [-0.2, -0.15) is 0 Å². The van der Waals surface area contributed by atoms with Gasteiger partial charge in [-0.25, -0.2) is 14.4 Å².